The molecule has 0 radical (unpaired) electrons. The van der Waals surface area contributed by atoms with Crippen LogP contribution in [0.5, 0.6) is 17.2 Å². The average molecular weight is 506 g/mol. The van der Waals surface area contributed by atoms with Gasteiger partial charge in [0.1, 0.15) is 5.75 Å². The lowest BCUT2D eigenvalue weighted by Gasteiger charge is -2.17. The monoisotopic (exact) mass is 505 g/mol. The number of aryl methyl sites for hydroxylation is 1. The number of rotatable bonds is 7. The van der Waals surface area contributed by atoms with Crippen molar-refractivity contribution in [3.8, 4) is 28.6 Å². The van der Waals surface area contributed by atoms with Gasteiger partial charge in [-0.1, -0.05) is 37.6 Å². The lowest BCUT2D eigenvalue weighted by molar-refractivity contribution is 0.354. The number of methoxy groups -OCH3 is 3. The summed E-state index contributed by atoms with van der Waals surface area (Å²) in [5.41, 5.74) is 3.56. The van der Waals surface area contributed by atoms with Gasteiger partial charge in [0.2, 0.25) is 0 Å². The van der Waals surface area contributed by atoms with E-state index in [9.17, 15) is 4.79 Å². The molecule has 0 spiro atoms. The summed E-state index contributed by atoms with van der Waals surface area (Å²) in [6.45, 7) is 6.14. The van der Waals surface area contributed by atoms with E-state index < -0.39 is 0 Å². The molecule has 0 saturated heterocycles. The third kappa shape index (κ3) is 4.66. The van der Waals surface area contributed by atoms with Gasteiger partial charge in [-0.2, -0.15) is 9.78 Å². The Morgan fingerprint density at radius 1 is 1.00 bits per heavy atom. The Morgan fingerprint density at radius 3 is 2.39 bits per heavy atom. The Morgan fingerprint density at radius 2 is 1.72 bits per heavy atom. The second-order valence-corrected chi connectivity index (χ2v) is 9.04. The number of hydrogen-bond acceptors (Lipinski definition) is 6. The molecule has 1 aromatic heterocycles. The van der Waals surface area contributed by atoms with Gasteiger partial charge in [0.15, 0.2) is 17.3 Å². The van der Waals surface area contributed by atoms with Crippen molar-refractivity contribution in [2.75, 3.05) is 21.3 Å². The van der Waals surface area contributed by atoms with Crippen LogP contribution in [0.2, 0.25) is 5.02 Å². The zero-order valence-electron chi connectivity index (χ0n) is 21.1. The topological polar surface area (TPSA) is 74.9 Å². The molecule has 4 rings (SSSR count). The fraction of sp³-hybridized carbons (Fsp3) is 0.250. The van der Waals surface area contributed by atoms with E-state index in [2.05, 4.69) is 18.9 Å². The van der Waals surface area contributed by atoms with E-state index in [-0.39, 0.29) is 11.5 Å². The van der Waals surface area contributed by atoms with E-state index in [1.807, 2.05) is 31.2 Å². The molecule has 0 aliphatic rings. The van der Waals surface area contributed by atoms with E-state index in [1.165, 1.54) is 25.1 Å². The number of ether oxygens (including phenoxy) is 3. The molecule has 7 nitrogen and oxygen atoms in total. The highest BCUT2D eigenvalue weighted by Gasteiger charge is 2.19. The van der Waals surface area contributed by atoms with E-state index in [1.54, 1.807) is 31.4 Å². The van der Waals surface area contributed by atoms with Crippen LogP contribution in [0.15, 0.2) is 58.4 Å². The molecule has 0 unspecified atom stereocenters. The van der Waals surface area contributed by atoms with Crippen molar-refractivity contribution in [3.05, 3.63) is 80.6 Å². The number of fused-ring (bicyclic) bond motifs is 1. The van der Waals surface area contributed by atoms with Crippen LogP contribution < -0.4 is 19.8 Å². The second-order valence-electron chi connectivity index (χ2n) is 8.61. The van der Waals surface area contributed by atoms with E-state index in [4.69, 9.17) is 30.8 Å². The average Bonchev–Trinajstić information content (AvgIpc) is 2.87. The van der Waals surface area contributed by atoms with Crippen LogP contribution >= 0.6 is 11.6 Å². The van der Waals surface area contributed by atoms with E-state index >= 15 is 0 Å². The molecule has 0 N–H and O–H groups in total. The van der Waals surface area contributed by atoms with E-state index in [0.29, 0.717) is 38.8 Å². The molecule has 8 heteroatoms. The minimum atomic E-state index is -0.291. The maximum atomic E-state index is 13.6. The lowest BCUT2D eigenvalue weighted by Crippen LogP contribution is -2.21. The van der Waals surface area contributed by atoms with Crippen molar-refractivity contribution >= 4 is 28.7 Å². The number of nitrogens with zero attached hydrogens (tertiary/aromatic N) is 3. The van der Waals surface area contributed by atoms with Gasteiger partial charge in [0, 0.05) is 22.2 Å². The first-order chi connectivity index (χ1) is 17.3. The first-order valence-corrected chi connectivity index (χ1v) is 11.8. The summed E-state index contributed by atoms with van der Waals surface area (Å²) in [6, 6.07) is 14.6. The predicted molar refractivity (Wildman–Crippen MR) is 144 cm³/mol. The standard InChI is InChI=1S/C28H28ClN3O4/c1-16(2)21-14-22(17(3)11-24(21)34-4)27-31-23-10-8-7-9-20(23)28(33)32(27)30-15-18-12-19(29)13-25(35-5)26(18)36-6/h7-16H,1-6H3. The smallest absolute Gasteiger partial charge is 0.282 e. The van der Waals surface area contributed by atoms with E-state index in [0.717, 1.165) is 22.4 Å². The van der Waals surface area contributed by atoms with Crippen molar-refractivity contribution in [1.29, 1.82) is 0 Å². The molecule has 0 fully saturated rings. The van der Waals surface area contributed by atoms with Crippen LogP contribution in [-0.2, 0) is 0 Å². The molecule has 0 aliphatic heterocycles. The van der Waals surface area contributed by atoms with Crippen LogP contribution in [0.3, 0.4) is 0 Å². The SMILES string of the molecule is COc1cc(C)c(-c2nc3ccccc3c(=O)n2N=Cc2cc(Cl)cc(OC)c2OC)cc1C(C)C. The van der Waals surface area contributed by atoms with Gasteiger partial charge in [0.25, 0.3) is 5.56 Å². The molecule has 0 bridgehead atoms. The minimum absolute atomic E-state index is 0.201. The van der Waals surface area contributed by atoms with Gasteiger partial charge < -0.3 is 14.2 Å². The molecule has 0 amide bonds. The zero-order chi connectivity index (χ0) is 26.0. The highest BCUT2D eigenvalue weighted by atomic mass is 35.5. The minimum Gasteiger partial charge on any atom is -0.496 e. The molecule has 4 aromatic rings. The maximum absolute atomic E-state index is 13.6. The molecular weight excluding hydrogens is 478 g/mol. The molecule has 0 atom stereocenters. The third-order valence-corrected chi connectivity index (χ3v) is 6.20. The molecule has 36 heavy (non-hydrogen) atoms. The molecule has 186 valence electrons. The largest absolute Gasteiger partial charge is 0.496 e. The Labute approximate surface area is 214 Å². The van der Waals surface area contributed by atoms with Crippen LogP contribution in [0.25, 0.3) is 22.3 Å². The van der Waals surface area contributed by atoms with Gasteiger partial charge in [-0.15, -0.1) is 0 Å². The Kier molecular flexibility index (Phi) is 7.31. The summed E-state index contributed by atoms with van der Waals surface area (Å²) in [7, 11) is 4.72. The maximum Gasteiger partial charge on any atom is 0.282 e. The van der Waals surface area contributed by atoms with Crippen molar-refractivity contribution in [2.24, 2.45) is 5.10 Å². The van der Waals surface area contributed by atoms with Crippen molar-refractivity contribution in [2.45, 2.75) is 26.7 Å². The van der Waals surface area contributed by atoms with Crippen LogP contribution in [0.1, 0.15) is 36.5 Å². The van der Waals surface area contributed by atoms with Gasteiger partial charge in [-0.25, -0.2) is 4.98 Å². The Bertz CT molecular complexity index is 1530. The van der Waals surface area contributed by atoms with Crippen LogP contribution in [-0.4, -0.2) is 37.2 Å². The fourth-order valence-electron chi connectivity index (χ4n) is 4.15. The lowest BCUT2D eigenvalue weighted by atomic mass is 9.96. The molecule has 3 aromatic carbocycles. The molecule has 0 aliphatic carbocycles. The number of benzene rings is 3. The zero-order valence-corrected chi connectivity index (χ0v) is 21.9. The Hall–Kier alpha value is -3.84. The third-order valence-electron chi connectivity index (χ3n) is 5.98. The second kappa shape index (κ2) is 10.4. The summed E-state index contributed by atoms with van der Waals surface area (Å²) >= 11 is 6.28. The predicted octanol–water partition coefficient (Wildman–Crippen LogP) is 6.06. The van der Waals surface area contributed by atoms with Gasteiger partial charge in [0.05, 0.1) is 38.4 Å². The van der Waals surface area contributed by atoms with Crippen molar-refractivity contribution in [3.63, 3.8) is 0 Å². The first-order valence-electron chi connectivity index (χ1n) is 11.5. The number of para-hydroxylation sites is 1. The number of hydrogen-bond donors (Lipinski definition) is 0. The quantitative estimate of drug-likeness (QED) is 0.285. The summed E-state index contributed by atoms with van der Waals surface area (Å²) < 4.78 is 17.8. The summed E-state index contributed by atoms with van der Waals surface area (Å²) in [4.78, 5) is 18.5. The number of aromatic nitrogens is 2. The molecule has 1 heterocycles. The van der Waals surface area contributed by atoms with Crippen molar-refractivity contribution in [1.82, 2.24) is 9.66 Å². The Balaban J connectivity index is 2.01. The summed E-state index contributed by atoms with van der Waals surface area (Å²) in [6.07, 6.45) is 1.52. The van der Waals surface area contributed by atoms with Crippen molar-refractivity contribution < 1.29 is 14.2 Å². The molecular formula is C28H28ClN3O4. The summed E-state index contributed by atoms with van der Waals surface area (Å²) in [5, 5.41) is 5.49. The van der Waals surface area contributed by atoms with Crippen LogP contribution in [0, 0.1) is 6.92 Å². The normalized spacial score (nSPS) is 11.4. The van der Waals surface area contributed by atoms with Gasteiger partial charge >= 0.3 is 0 Å². The fourth-order valence-corrected chi connectivity index (χ4v) is 4.36. The first kappa shape index (κ1) is 25.3. The summed E-state index contributed by atoms with van der Waals surface area (Å²) in [5.74, 6) is 2.33. The number of halogens is 1. The van der Waals surface area contributed by atoms with Gasteiger partial charge in [-0.3, -0.25) is 4.79 Å². The van der Waals surface area contributed by atoms with Crippen LogP contribution in [0.4, 0.5) is 0 Å². The highest BCUT2D eigenvalue weighted by Crippen LogP contribution is 2.35. The highest BCUT2D eigenvalue weighted by molar-refractivity contribution is 6.31. The molecule has 0 saturated carbocycles. The van der Waals surface area contributed by atoms with Gasteiger partial charge in [-0.05, 0) is 54.3 Å².